The molecule has 1 heterocycles. The third kappa shape index (κ3) is 6.60. The lowest BCUT2D eigenvalue weighted by Gasteiger charge is -2.14. The summed E-state index contributed by atoms with van der Waals surface area (Å²) < 4.78 is 25.4. The average Bonchev–Trinajstić information content (AvgIpc) is 3.35. The molecule has 37 heavy (non-hydrogen) atoms. The van der Waals surface area contributed by atoms with Gasteiger partial charge >= 0.3 is 5.97 Å². The Morgan fingerprint density at radius 2 is 1.73 bits per heavy atom. The number of aliphatic carboxylic acids is 1. The van der Waals surface area contributed by atoms with Crippen LogP contribution >= 0.6 is 12.4 Å². The van der Waals surface area contributed by atoms with Gasteiger partial charge in [0.1, 0.15) is 5.82 Å². The summed E-state index contributed by atoms with van der Waals surface area (Å²) in [6, 6.07) is 18.8. The van der Waals surface area contributed by atoms with E-state index in [1.807, 2.05) is 30.3 Å². The van der Waals surface area contributed by atoms with Gasteiger partial charge in [-0.15, -0.1) is 12.4 Å². The highest BCUT2D eigenvalue weighted by molar-refractivity contribution is 5.85. The van der Waals surface area contributed by atoms with Crippen LogP contribution in [0.5, 0.6) is 0 Å². The highest BCUT2D eigenvalue weighted by Gasteiger charge is 2.17. The van der Waals surface area contributed by atoms with Crippen LogP contribution in [0.4, 0.5) is 4.39 Å². The summed E-state index contributed by atoms with van der Waals surface area (Å²) in [4.78, 5) is 17.0. The Morgan fingerprint density at radius 1 is 1.03 bits per heavy atom. The Balaban J connectivity index is 0.00000380. The van der Waals surface area contributed by atoms with Crippen LogP contribution in [0.15, 0.2) is 65.2 Å². The fourth-order valence-electron chi connectivity index (χ4n) is 4.23. The highest BCUT2D eigenvalue weighted by Crippen LogP contribution is 2.32. The topological polar surface area (TPSA) is 88.7 Å². The molecular formula is C28H29ClFN3O4. The van der Waals surface area contributed by atoms with Crippen molar-refractivity contribution in [2.75, 3.05) is 20.7 Å². The number of hydrogen-bond acceptors (Lipinski definition) is 6. The lowest BCUT2D eigenvalue weighted by molar-refractivity contribution is -0.138. The number of benzene rings is 3. The smallest absolute Gasteiger partial charge is 0.317 e. The summed E-state index contributed by atoms with van der Waals surface area (Å²) in [7, 11) is 3.28. The summed E-state index contributed by atoms with van der Waals surface area (Å²) in [5.41, 5.74) is 6.19. The molecule has 0 amide bonds. The number of halogens is 2. The van der Waals surface area contributed by atoms with Crippen molar-refractivity contribution in [2.24, 2.45) is 0 Å². The number of likely N-dealkylation sites (N-methyl/N-ethyl adjacent to an activating group) is 1. The number of nitrogens with zero attached hydrogens (tertiary/aromatic N) is 3. The number of rotatable bonds is 10. The van der Waals surface area contributed by atoms with Gasteiger partial charge in [0.25, 0.3) is 5.89 Å². The number of methoxy groups -OCH3 is 1. The third-order valence-corrected chi connectivity index (χ3v) is 5.92. The van der Waals surface area contributed by atoms with Gasteiger partial charge in [0.2, 0.25) is 5.82 Å². The minimum Gasteiger partial charge on any atom is -0.480 e. The first-order valence-corrected chi connectivity index (χ1v) is 11.6. The van der Waals surface area contributed by atoms with Gasteiger partial charge in [0, 0.05) is 30.3 Å². The van der Waals surface area contributed by atoms with E-state index in [0.717, 1.165) is 28.7 Å². The zero-order chi connectivity index (χ0) is 25.7. The third-order valence-electron chi connectivity index (χ3n) is 5.92. The quantitative estimate of drug-likeness (QED) is 0.277. The molecule has 9 heteroatoms. The molecule has 0 saturated heterocycles. The number of carboxylic acid groups (broad SMARTS) is 1. The second-order valence-corrected chi connectivity index (χ2v) is 8.61. The van der Waals surface area contributed by atoms with Crippen molar-refractivity contribution in [2.45, 2.75) is 26.5 Å². The summed E-state index contributed by atoms with van der Waals surface area (Å²) in [5.74, 6) is -0.742. The first-order valence-electron chi connectivity index (χ1n) is 11.6. The maximum Gasteiger partial charge on any atom is 0.317 e. The van der Waals surface area contributed by atoms with Crippen LogP contribution in [0, 0.1) is 5.82 Å². The molecule has 0 aliphatic carbocycles. The predicted molar refractivity (Wildman–Crippen MR) is 142 cm³/mol. The molecule has 0 aliphatic heterocycles. The van der Waals surface area contributed by atoms with Crippen LogP contribution in [-0.2, 0) is 29.1 Å². The summed E-state index contributed by atoms with van der Waals surface area (Å²) >= 11 is 0. The molecule has 194 valence electrons. The van der Waals surface area contributed by atoms with E-state index in [1.54, 1.807) is 26.3 Å². The second-order valence-electron chi connectivity index (χ2n) is 8.61. The van der Waals surface area contributed by atoms with E-state index in [-0.39, 0.29) is 25.5 Å². The maximum atomic E-state index is 14.4. The molecule has 4 aromatic rings. The molecular weight excluding hydrogens is 497 g/mol. The minimum absolute atomic E-state index is 0. The van der Waals surface area contributed by atoms with Gasteiger partial charge in [-0.25, -0.2) is 4.39 Å². The number of aryl methyl sites for hydroxylation is 1. The van der Waals surface area contributed by atoms with Crippen LogP contribution in [0.2, 0.25) is 0 Å². The summed E-state index contributed by atoms with van der Waals surface area (Å²) in [6.07, 6.45) is 0.920. The van der Waals surface area contributed by atoms with Gasteiger partial charge in [0.05, 0.1) is 13.2 Å². The van der Waals surface area contributed by atoms with Crippen molar-refractivity contribution in [3.05, 3.63) is 83.2 Å². The lowest BCUT2D eigenvalue weighted by Crippen LogP contribution is -2.25. The van der Waals surface area contributed by atoms with Gasteiger partial charge < -0.3 is 14.4 Å². The van der Waals surface area contributed by atoms with Gasteiger partial charge in [-0.1, -0.05) is 42.4 Å². The zero-order valence-electron chi connectivity index (χ0n) is 20.9. The minimum atomic E-state index is -0.978. The highest BCUT2D eigenvalue weighted by atomic mass is 35.5. The molecule has 1 aromatic heterocycles. The number of ether oxygens (including phenoxy) is 1. The van der Waals surface area contributed by atoms with Gasteiger partial charge in [-0.3, -0.25) is 9.69 Å². The average molecular weight is 526 g/mol. The van der Waals surface area contributed by atoms with Crippen molar-refractivity contribution in [1.82, 2.24) is 15.0 Å². The van der Waals surface area contributed by atoms with Gasteiger partial charge in [-0.05, 0) is 66.1 Å². The molecule has 0 atom stereocenters. The number of aromatic nitrogens is 2. The fourth-order valence-corrected chi connectivity index (χ4v) is 4.23. The zero-order valence-corrected chi connectivity index (χ0v) is 21.7. The molecule has 7 nitrogen and oxygen atoms in total. The van der Waals surface area contributed by atoms with Crippen molar-refractivity contribution in [3.63, 3.8) is 0 Å². The molecule has 0 bridgehead atoms. The lowest BCUT2D eigenvalue weighted by atomic mass is 9.93. The van der Waals surface area contributed by atoms with Crippen molar-refractivity contribution >= 4 is 18.4 Å². The van der Waals surface area contributed by atoms with Crippen LogP contribution in [0.25, 0.3) is 34.0 Å². The van der Waals surface area contributed by atoms with Crippen molar-refractivity contribution in [3.8, 4) is 34.0 Å². The molecule has 0 aliphatic rings. The van der Waals surface area contributed by atoms with Crippen molar-refractivity contribution in [1.29, 1.82) is 0 Å². The number of hydrogen-bond donors (Lipinski definition) is 1. The van der Waals surface area contributed by atoms with E-state index in [9.17, 15) is 9.18 Å². The van der Waals surface area contributed by atoms with Gasteiger partial charge in [-0.2, -0.15) is 4.98 Å². The first kappa shape index (κ1) is 28.0. The summed E-state index contributed by atoms with van der Waals surface area (Å²) in [5, 5.41) is 13.1. The van der Waals surface area contributed by atoms with Crippen LogP contribution in [0.1, 0.15) is 23.6 Å². The largest absolute Gasteiger partial charge is 0.480 e. The van der Waals surface area contributed by atoms with Crippen LogP contribution in [0.3, 0.4) is 0 Å². The van der Waals surface area contributed by atoms with E-state index < -0.39 is 11.8 Å². The SMILES string of the molecule is CCc1ccccc1-c1ccc(-c2nc(-c3ccc(F)c(CN(C)CC(=O)O)c3)no2)cc1COC.Cl. The molecule has 0 spiro atoms. The van der Waals surface area contributed by atoms with E-state index in [1.165, 1.54) is 16.5 Å². The predicted octanol–water partition coefficient (Wildman–Crippen LogP) is 5.86. The molecule has 0 radical (unpaired) electrons. The molecule has 0 fully saturated rings. The second kappa shape index (κ2) is 12.6. The van der Waals surface area contributed by atoms with Gasteiger partial charge in [0.15, 0.2) is 0 Å². The molecule has 0 saturated carbocycles. The maximum absolute atomic E-state index is 14.4. The van der Waals surface area contributed by atoms with E-state index >= 15 is 0 Å². The Labute approximate surface area is 221 Å². The first-order chi connectivity index (χ1) is 17.4. The van der Waals surface area contributed by atoms with E-state index in [4.69, 9.17) is 14.4 Å². The fraction of sp³-hybridized carbons (Fsp3) is 0.250. The standard InChI is InChI=1S/C28H28FN3O4.ClH/c1-4-18-7-5-6-8-23(18)24-11-9-20(14-22(24)17-35-3)28-30-27(31-36-28)19-10-12-25(29)21(13-19)15-32(2)16-26(33)34;/h5-14H,4,15-17H2,1-3H3,(H,33,34);1H. The Morgan fingerprint density at radius 3 is 2.46 bits per heavy atom. The molecule has 0 unspecified atom stereocenters. The molecule has 4 rings (SSSR count). The summed E-state index contributed by atoms with van der Waals surface area (Å²) in [6.45, 7) is 2.50. The van der Waals surface area contributed by atoms with Crippen LogP contribution in [-0.4, -0.2) is 46.8 Å². The van der Waals surface area contributed by atoms with Crippen molar-refractivity contribution < 1.29 is 23.6 Å². The monoisotopic (exact) mass is 525 g/mol. The van der Waals surface area contributed by atoms with E-state index in [2.05, 4.69) is 29.2 Å². The molecule has 3 aromatic carbocycles. The Kier molecular flexibility index (Phi) is 9.52. The van der Waals surface area contributed by atoms with Crippen LogP contribution < -0.4 is 0 Å². The normalized spacial score (nSPS) is 10.9. The molecule has 1 N–H and O–H groups in total. The Hall–Kier alpha value is -3.59. The Bertz CT molecular complexity index is 1380. The number of carboxylic acids is 1. The van der Waals surface area contributed by atoms with E-state index in [0.29, 0.717) is 29.4 Å². The number of carbonyl (C=O) groups is 1.